The summed E-state index contributed by atoms with van der Waals surface area (Å²) < 4.78 is 39.7. The van der Waals surface area contributed by atoms with Gasteiger partial charge in [-0.05, 0) is 63.1 Å². The van der Waals surface area contributed by atoms with Crippen molar-refractivity contribution in [2.24, 2.45) is 0 Å². The monoisotopic (exact) mass is 504 g/mol. The number of rotatable bonds is 5. The molecule has 0 amide bonds. The molecule has 188 valence electrons. The Hall–Kier alpha value is -4.60. The first kappa shape index (κ1) is 24.1. The number of halogens is 2. The highest BCUT2D eigenvalue weighted by Crippen LogP contribution is 2.35. The standard InChI is InChI=1S/C27H22F2N4O4/c1-12-8-17(15(4)31-20-6-5-19(28)22(29)21(20)26-32-27(35)37-33-26)25-18(9-12)23(34)14(3)24(36-25)16-7-13(2)10-30-11-16/h5-11,15,31H,1-4H3,(H,32,33,35). The number of hydrogen-bond acceptors (Lipinski definition) is 7. The van der Waals surface area contributed by atoms with Crippen LogP contribution in [0.3, 0.4) is 0 Å². The van der Waals surface area contributed by atoms with E-state index in [9.17, 15) is 18.4 Å². The maximum absolute atomic E-state index is 14.8. The molecule has 1 unspecified atom stereocenters. The molecule has 3 heterocycles. The van der Waals surface area contributed by atoms with Crippen LogP contribution in [0.5, 0.6) is 0 Å². The summed E-state index contributed by atoms with van der Waals surface area (Å²) in [5.41, 5.74) is 3.52. The van der Waals surface area contributed by atoms with Crippen LogP contribution in [0.1, 0.15) is 35.2 Å². The van der Waals surface area contributed by atoms with Crippen LogP contribution in [0.2, 0.25) is 0 Å². The van der Waals surface area contributed by atoms with Crippen molar-refractivity contribution in [2.75, 3.05) is 5.32 Å². The van der Waals surface area contributed by atoms with E-state index in [0.717, 1.165) is 17.2 Å². The van der Waals surface area contributed by atoms with Crippen molar-refractivity contribution < 1.29 is 17.7 Å². The number of anilines is 1. The van der Waals surface area contributed by atoms with Crippen molar-refractivity contribution in [3.05, 3.63) is 97.4 Å². The summed E-state index contributed by atoms with van der Waals surface area (Å²) in [6, 6.07) is 7.25. The van der Waals surface area contributed by atoms with E-state index >= 15 is 0 Å². The van der Waals surface area contributed by atoms with Crippen LogP contribution in [0.25, 0.3) is 33.7 Å². The van der Waals surface area contributed by atoms with Gasteiger partial charge in [0, 0.05) is 34.8 Å². The zero-order valence-corrected chi connectivity index (χ0v) is 20.4. The lowest BCUT2D eigenvalue weighted by atomic mass is 9.98. The molecule has 0 bridgehead atoms. The highest BCUT2D eigenvalue weighted by molar-refractivity contribution is 5.85. The molecule has 2 N–H and O–H groups in total. The van der Waals surface area contributed by atoms with Crippen LogP contribution >= 0.6 is 0 Å². The van der Waals surface area contributed by atoms with Gasteiger partial charge in [-0.25, -0.2) is 13.6 Å². The van der Waals surface area contributed by atoms with Crippen LogP contribution in [0.15, 0.2) is 61.3 Å². The van der Waals surface area contributed by atoms with E-state index in [2.05, 4.69) is 25.0 Å². The van der Waals surface area contributed by atoms with Gasteiger partial charge < -0.3 is 9.73 Å². The molecule has 2 aromatic carbocycles. The van der Waals surface area contributed by atoms with Crippen LogP contribution in [0, 0.1) is 32.4 Å². The second-order valence-corrected chi connectivity index (χ2v) is 8.96. The third kappa shape index (κ3) is 4.31. The number of aromatic amines is 1. The minimum atomic E-state index is -1.20. The maximum Gasteiger partial charge on any atom is 0.439 e. The molecule has 37 heavy (non-hydrogen) atoms. The molecule has 0 spiro atoms. The van der Waals surface area contributed by atoms with Gasteiger partial charge in [0.15, 0.2) is 22.9 Å². The summed E-state index contributed by atoms with van der Waals surface area (Å²) >= 11 is 0. The Morgan fingerprint density at radius 1 is 1.03 bits per heavy atom. The molecule has 3 aromatic heterocycles. The maximum atomic E-state index is 14.8. The van der Waals surface area contributed by atoms with Gasteiger partial charge in [-0.1, -0.05) is 11.2 Å². The van der Waals surface area contributed by atoms with Crippen LogP contribution in [0.4, 0.5) is 14.5 Å². The van der Waals surface area contributed by atoms with Crippen molar-refractivity contribution >= 4 is 16.7 Å². The molecule has 0 saturated carbocycles. The van der Waals surface area contributed by atoms with Crippen molar-refractivity contribution in [2.45, 2.75) is 33.7 Å². The Morgan fingerprint density at radius 3 is 2.51 bits per heavy atom. The quantitative estimate of drug-likeness (QED) is 0.321. The SMILES string of the molecule is Cc1cncc(-c2oc3c(C(C)Nc4ccc(F)c(F)c4-c4noc(=O)[nH]4)cc(C)cc3c(=O)c2C)c1. The fourth-order valence-corrected chi connectivity index (χ4v) is 4.39. The molecule has 0 saturated heterocycles. The van der Waals surface area contributed by atoms with E-state index in [0.29, 0.717) is 33.4 Å². The summed E-state index contributed by atoms with van der Waals surface area (Å²) in [7, 11) is 0. The molecular weight excluding hydrogens is 482 g/mol. The Kier molecular flexibility index (Phi) is 5.94. The lowest BCUT2D eigenvalue weighted by Crippen LogP contribution is -2.13. The second-order valence-electron chi connectivity index (χ2n) is 8.96. The molecule has 5 aromatic rings. The molecule has 0 aliphatic carbocycles. The van der Waals surface area contributed by atoms with Crippen LogP contribution < -0.4 is 16.5 Å². The van der Waals surface area contributed by atoms with Gasteiger partial charge in [-0.2, -0.15) is 0 Å². The van der Waals surface area contributed by atoms with E-state index in [1.54, 1.807) is 32.3 Å². The smallest absolute Gasteiger partial charge is 0.439 e. The average molecular weight is 504 g/mol. The van der Waals surface area contributed by atoms with Crippen molar-refractivity contribution in [1.29, 1.82) is 0 Å². The van der Waals surface area contributed by atoms with E-state index in [1.165, 1.54) is 6.07 Å². The van der Waals surface area contributed by atoms with Gasteiger partial charge in [-0.15, -0.1) is 0 Å². The molecule has 0 aliphatic rings. The summed E-state index contributed by atoms with van der Waals surface area (Å²) in [4.78, 5) is 31.3. The van der Waals surface area contributed by atoms with E-state index in [-0.39, 0.29) is 22.5 Å². The predicted molar refractivity (Wildman–Crippen MR) is 134 cm³/mol. The predicted octanol–water partition coefficient (Wildman–Crippen LogP) is 5.57. The molecule has 0 aliphatic heterocycles. The Balaban J connectivity index is 1.67. The molecule has 5 rings (SSSR count). The number of nitrogens with one attached hydrogen (secondary N) is 2. The number of aryl methyl sites for hydroxylation is 2. The highest BCUT2D eigenvalue weighted by Gasteiger charge is 2.23. The number of fused-ring (bicyclic) bond motifs is 1. The summed E-state index contributed by atoms with van der Waals surface area (Å²) in [6.07, 6.45) is 3.34. The topological polar surface area (TPSA) is 114 Å². The van der Waals surface area contributed by atoms with Gasteiger partial charge in [-0.3, -0.25) is 19.3 Å². The number of aromatic nitrogens is 3. The number of benzene rings is 2. The van der Waals surface area contributed by atoms with Gasteiger partial charge in [0.25, 0.3) is 0 Å². The van der Waals surface area contributed by atoms with Gasteiger partial charge >= 0.3 is 5.76 Å². The highest BCUT2D eigenvalue weighted by atomic mass is 19.2. The van der Waals surface area contributed by atoms with Gasteiger partial charge in [0.1, 0.15) is 11.3 Å². The first-order valence-corrected chi connectivity index (χ1v) is 11.4. The summed E-state index contributed by atoms with van der Waals surface area (Å²) in [5.74, 6) is -3.08. The molecule has 8 nitrogen and oxygen atoms in total. The normalized spacial score (nSPS) is 12.2. The fraction of sp³-hybridized carbons (Fsp3) is 0.185. The lowest BCUT2D eigenvalue weighted by Gasteiger charge is -2.20. The Labute approximate surface area is 209 Å². The largest absolute Gasteiger partial charge is 0.455 e. The molecule has 0 fully saturated rings. The zero-order valence-electron chi connectivity index (χ0n) is 20.4. The Morgan fingerprint density at radius 2 is 1.81 bits per heavy atom. The molecular formula is C27H22F2N4O4. The second kappa shape index (κ2) is 9.12. The minimum Gasteiger partial charge on any atom is -0.455 e. The van der Waals surface area contributed by atoms with Crippen LogP contribution in [-0.2, 0) is 0 Å². The average Bonchev–Trinajstić information content (AvgIpc) is 3.29. The van der Waals surface area contributed by atoms with E-state index in [1.807, 2.05) is 26.0 Å². The first-order valence-electron chi connectivity index (χ1n) is 11.4. The van der Waals surface area contributed by atoms with Crippen molar-refractivity contribution in [1.82, 2.24) is 15.1 Å². The van der Waals surface area contributed by atoms with E-state index < -0.39 is 23.4 Å². The van der Waals surface area contributed by atoms with E-state index in [4.69, 9.17) is 4.42 Å². The number of hydrogen-bond donors (Lipinski definition) is 2. The Bertz CT molecular complexity index is 1790. The summed E-state index contributed by atoms with van der Waals surface area (Å²) in [5, 5.41) is 7.05. The fourth-order valence-electron chi connectivity index (χ4n) is 4.39. The summed E-state index contributed by atoms with van der Waals surface area (Å²) in [6.45, 7) is 7.25. The zero-order chi connectivity index (χ0) is 26.4. The minimum absolute atomic E-state index is 0.156. The molecule has 0 radical (unpaired) electrons. The molecule has 1 atom stereocenters. The number of pyridine rings is 1. The number of H-pyrrole nitrogens is 1. The van der Waals surface area contributed by atoms with Crippen molar-refractivity contribution in [3.8, 4) is 22.7 Å². The first-order chi connectivity index (χ1) is 17.6. The number of nitrogens with zero attached hydrogens (tertiary/aromatic N) is 2. The lowest BCUT2D eigenvalue weighted by molar-refractivity contribution is 0.387. The molecule has 10 heteroatoms. The van der Waals surface area contributed by atoms with Crippen molar-refractivity contribution in [3.63, 3.8) is 0 Å². The van der Waals surface area contributed by atoms with Gasteiger partial charge in [0.05, 0.1) is 17.0 Å². The van der Waals surface area contributed by atoms with Crippen LogP contribution in [-0.4, -0.2) is 15.1 Å². The third-order valence-corrected chi connectivity index (χ3v) is 6.14. The van der Waals surface area contributed by atoms with Gasteiger partial charge in [0.2, 0.25) is 0 Å². The third-order valence-electron chi connectivity index (χ3n) is 6.14.